The second-order valence-electron chi connectivity index (χ2n) is 7.70. The molecule has 0 bridgehead atoms. The molecule has 0 unspecified atom stereocenters. The SMILES string of the molecule is COc1cc(/C=C2\SC(=S)N(c3ccc(F)cc3)C2=O)ccc1OCC(=O)Nc1ccc(Br)cc1C. The van der Waals surface area contributed by atoms with Gasteiger partial charge in [-0.3, -0.25) is 14.5 Å². The number of benzene rings is 3. The molecule has 6 nitrogen and oxygen atoms in total. The summed E-state index contributed by atoms with van der Waals surface area (Å²) < 4.78 is 25.7. The average Bonchev–Trinajstić information content (AvgIpc) is 3.13. The van der Waals surface area contributed by atoms with Gasteiger partial charge in [-0.25, -0.2) is 4.39 Å². The number of ether oxygens (including phenoxy) is 2. The molecule has 1 heterocycles. The first-order chi connectivity index (χ1) is 17.2. The third-order valence-electron chi connectivity index (χ3n) is 5.19. The molecule has 0 spiro atoms. The minimum absolute atomic E-state index is 0.207. The van der Waals surface area contributed by atoms with E-state index in [1.54, 1.807) is 24.3 Å². The smallest absolute Gasteiger partial charge is 0.270 e. The Balaban J connectivity index is 1.45. The number of nitrogens with one attached hydrogen (secondary N) is 1. The molecule has 1 aliphatic rings. The molecule has 0 atom stereocenters. The van der Waals surface area contributed by atoms with Gasteiger partial charge in [0.05, 0.1) is 17.7 Å². The van der Waals surface area contributed by atoms with E-state index in [1.807, 2.05) is 25.1 Å². The van der Waals surface area contributed by atoms with Crippen molar-refractivity contribution in [2.24, 2.45) is 0 Å². The van der Waals surface area contributed by atoms with Crippen LogP contribution in [0.3, 0.4) is 0 Å². The van der Waals surface area contributed by atoms with Crippen LogP contribution in [0.4, 0.5) is 15.8 Å². The molecule has 4 rings (SSSR count). The fraction of sp³-hybridized carbons (Fsp3) is 0.115. The van der Waals surface area contributed by atoms with Crippen molar-refractivity contribution in [3.8, 4) is 11.5 Å². The van der Waals surface area contributed by atoms with Gasteiger partial charge in [-0.1, -0.05) is 46.0 Å². The van der Waals surface area contributed by atoms with Crippen LogP contribution in [0.1, 0.15) is 11.1 Å². The van der Waals surface area contributed by atoms with E-state index in [-0.39, 0.29) is 18.4 Å². The van der Waals surface area contributed by atoms with Crippen LogP contribution in [0.2, 0.25) is 0 Å². The van der Waals surface area contributed by atoms with E-state index in [4.69, 9.17) is 21.7 Å². The number of rotatable bonds is 7. The molecule has 1 saturated heterocycles. The Morgan fingerprint density at radius 2 is 1.89 bits per heavy atom. The first-order valence-electron chi connectivity index (χ1n) is 10.7. The average molecular weight is 587 g/mol. The molecule has 1 fully saturated rings. The van der Waals surface area contributed by atoms with Crippen LogP contribution >= 0.6 is 39.9 Å². The number of aryl methyl sites for hydroxylation is 1. The Labute approximate surface area is 225 Å². The van der Waals surface area contributed by atoms with Crippen molar-refractivity contribution in [3.63, 3.8) is 0 Å². The summed E-state index contributed by atoms with van der Waals surface area (Å²) in [6, 6.07) is 16.3. The van der Waals surface area contributed by atoms with Crippen LogP contribution < -0.4 is 19.7 Å². The van der Waals surface area contributed by atoms with E-state index in [0.29, 0.717) is 37.7 Å². The maximum Gasteiger partial charge on any atom is 0.270 e. The number of thioether (sulfide) groups is 1. The first kappa shape index (κ1) is 25.9. The van der Waals surface area contributed by atoms with Crippen molar-refractivity contribution in [2.75, 3.05) is 23.9 Å². The van der Waals surface area contributed by atoms with Gasteiger partial charge in [0.1, 0.15) is 5.82 Å². The van der Waals surface area contributed by atoms with Gasteiger partial charge in [0.15, 0.2) is 22.4 Å². The van der Waals surface area contributed by atoms with E-state index in [1.165, 1.54) is 36.3 Å². The number of methoxy groups -OCH3 is 1. The Bertz CT molecular complexity index is 1380. The third-order valence-corrected chi connectivity index (χ3v) is 6.98. The maximum atomic E-state index is 13.3. The summed E-state index contributed by atoms with van der Waals surface area (Å²) in [4.78, 5) is 27.1. The van der Waals surface area contributed by atoms with Crippen molar-refractivity contribution in [1.29, 1.82) is 0 Å². The Kier molecular flexibility index (Phi) is 8.07. The van der Waals surface area contributed by atoms with Gasteiger partial charge in [-0.2, -0.15) is 0 Å². The highest BCUT2D eigenvalue weighted by Gasteiger charge is 2.33. The Morgan fingerprint density at radius 1 is 1.14 bits per heavy atom. The molecule has 10 heteroatoms. The highest BCUT2D eigenvalue weighted by Crippen LogP contribution is 2.37. The molecule has 36 heavy (non-hydrogen) atoms. The van der Waals surface area contributed by atoms with Gasteiger partial charge < -0.3 is 14.8 Å². The van der Waals surface area contributed by atoms with E-state index in [9.17, 15) is 14.0 Å². The third kappa shape index (κ3) is 5.95. The molecular formula is C26H20BrFN2O4S2. The minimum atomic E-state index is -0.393. The number of carbonyl (C=O) groups excluding carboxylic acids is 2. The van der Waals surface area contributed by atoms with Crippen molar-refractivity contribution in [2.45, 2.75) is 6.92 Å². The Morgan fingerprint density at radius 3 is 2.58 bits per heavy atom. The number of halogens is 2. The van der Waals surface area contributed by atoms with Gasteiger partial charge in [-0.15, -0.1) is 0 Å². The summed E-state index contributed by atoms with van der Waals surface area (Å²) in [5, 5.41) is 2.82. The Hall–Kier alpha value is -3.21. The molecule has 1 N–H and O–H groups in total. The second kappa shape index (κ2) is 11.2. The summed E-state index contributed by atoms with van der Waals surface area (Å²) in [6.45, 7) is 1.69. The van der Waals surface area contributed by atoms with Crippen molar-refractivity contribution in [3.05, 3.63) is 87.0 Å². The number of amides is 2. The number of thiocarbonyl (C=S) groups is 1. The predicted molar refractivity (Wildman–Crippen MR) is 148 cm³/mol. The molecule has 0 radical (unpaired) electrons. The highest BCUT2D eigenvalue weighted by molar-refractivity contribution is 9.10. The molecule has 0 aliphatic carbocycles. The van der Waals surface area contributed by atoms with Gasteiger partial charge in [0.25, 0.3) is 11.8 Å². The zero-order chi connectivity index (χ0) is 25.8. The highest BCUT2D eigenvalue weighted by atomic mass is 79.9. The number of hydrogen-bond donors (Lipinski definition) is 1. The summed E-state index contributed by atoms with van der Waals surface area (Å²) >= 11 is 9.92. The van der Waals surface area contributed by atoms with Gasteiger partial charge in [-0.05, 0) is 78.7 Å². The van der Waals surface area contributed by atoms with Crippen LogP contribution in [0.25, 0.3) is 6.08 Å². The van der Waals surface area contributed by atoms with Crippen LogP contribution in [0.15, 0.2) is 70.0 Å². The van der Waals surface area contributed by atoms with E-state index in [2.05, 4.69) is 21.2 Å². The molecular weight excluding hydrogens is 567 g/mol. The molecule has 3 aromatic rings. The number of carbonyl (C=O) groups is 2. The van der Waals surface area contributed by atoms with Crippen LogP contribution in [-0.2, 0) is 9.59 Å². The van der Waals surface area contributed by atoms with E-state index < -0.39 is 5.82 Å². The minimum Gasteiger partial charge on any atom is -0.493 e. The monoisotopic (exact) mass is 586 g/mol. The number of nitrogens with zero attached hydrogens (tertiary/aromatic N) is 1. The molecule has 2 amide bonds. The predicted octanol–water partition coefficient (Wildman–Crippen LogP) is 6.33. The lowest BCUT2D eigenvalue weighted by molar-refractivity contribution is -0.118. The molecule has 0 aromatic heterocycles. The zero-order valence-corrected chi connectivity index (χ0v) is 22.4. The van der Waals surface area contributed by atoms with Crippen molar-refractivity contribution in [1.82, 2.24) is 0 Å². The molecule has 1 aliphatic heterocycles. The summed E-state index contributed by atoms with van der Waals surface area (Å²) in [7, 11) is 1.49. The lowest BCUT2D eigenvalue weighted by Gasteiger charge is -2.14. The lowest BCUT2D eigenvalue weighted by Crippen LogP contribution is -2.27. The van der Waals surface area contributed by atoms with Crippen LogP contribution in [-0.4, -0.2) is 29.9 Å². The topological polar surface area (TPSA) is 67.9 Å². The second-order valence-corrected chi connectivity index (χ2v) is 10.3. The van der Waals surface area contributed by atoms with Gasteiger partial charge in [0.2, 0.25) is 0 Å². The van der Waals surface area contributed by atoms with E-state index >= 15 is 0 Å². The largest absolute Gasteiger partial charge is 0.493 e. The van der Waals surface area contributed by atoms with Crippen molar-refractivity contribution >= 4 is 73.5 Å². The fourth-order valence-electron chi connectivity index (χ4n) is 3.42. The number of anilines is 2. The first-order valence-corrected chi connectivity index (χ1v) is 12.7. The maximum absolute atomic E-state index is 13.3. The van der Waals surface area contributed by atoms with Crippen molar-refractivity contribution < 1.29 is 23.5 Å². The van der Waals surface area contributed by atoms with Crippen LogP contribution in [0, 0.1) is 12.7 Å². The molecule has 184 valence electrons. The van der Waals surface area contributed by atoms with Gasteiger partial charge >= 0.3 is 0 Å². The standard InChI is InChI=1S/C26H20BrFN2O4S2/c1-15-11-17(27)4-9-20(15)29-24(31)14-34-21-10-3-16(12-22(21)33-2)13-23-25(32)30(26(35)36-23)19-7-5-18(28)6-8-19/h3-13H,14H2,1-2H3,(H,29,31)/b23-13-. The summed E-state index contributed by atoms with van der Waals surface area (Å²) in [6.07, 6.45) is 1.69. The van der Waals surface area contributed by atoms with E-state index in [0.717, 1.165) is 21.8 Å². The number of hydrogen-bond acceptors (Lipinski definition) is 6. The van der Waals surface area contributed by atoms with Gasteiger partial charge in [0, 0.05) is 10.2 Å². The summed E-state index contributed by atoms with van der Waals surface area (Å²) in [5.41, 5.74) is 2.81. The zero-order valence-electron chi connectivity index (χ0n) is 19.2. The summed E-state index contributed by atoms with van der Waals surface area (Å²) in [5.74, 6) is -0.205. The molecule has 3 aromatic carbocycles. The van der Waals surface area contributed by atoms with Crippen LogP contribution in [0.5, 0.6) is 11.5 Å². The molecule has 0 saturated carbocycles. The lowest BCUT2D eigenvalue weighted by atomic mass is 10.1. The normalized spacial score (nSPS) is 14.3. The fourth-order valence-corrected chi connectivity index (χ4v) is 5.20. The quantitative estimate of drug-likeness (QED) is 0.258.